The van der Waals surface area contributed by atoms with Gasteiger partial charge < -0.3 is 24.1 Å². The topological polar surface area (TPSA) is 74.2 Å². The van der Waals surface area contributed by atoms with Gasteiger partial charge in [0, 0.05) is 14.2 Å². The van der Waals surface area contributed by atoms with Gasteiger partial charge in [-0.2, -0.15) is 0 Å². The van der Waals surface area contributed by atoms with Gasteiger partial charge in [-0.15, -0.1) is 0 Å². The van der Waals surface area contributed by atoms with E-state index in [1.54, 1.807) is 0 Å². The Labute approximate surface area is 127 Å². The van der Waals surface area contributed by atoms with Crippen molar-refractivity contribution < 1.29 is 28.8 Å². The van der Waals surface area contributed by atoms with Gasteiger partial charge in [0.25, 0.3) is 0 Å². The number of rotatable bonds is 7. The molecule has 6 nitrogen and oxygen atoms in total. The van der Waals surface area contributed by atoms with Gasteiger partial charge in [-0.3, -0.25) is 0 Å². The first-order valence-electron chi connectivity index (χ1n) is 4.80. The molecule has 0 unspecified atom stereocenters. The van der Waals surface area contributed by atoms with Gasteiger partial charge in [-0.1, -0.05) is 0 Å². The average molecular weight is 266 g/mol. The molecule has 0 aromatic heterocycles. The van der Waals surface area contributed by atoms with E-state index in [0.29, 0.717) is 11.5 Å². The van der Waals surface area contributed by atoms with Crippen LogP contribution in [0.3, 0.4) is 0 Å². The predicted octanol–water partition coefficient (Wildman–Crippen LogP) is 0.702. The fourth-order valence-corrected chi connectivity index (χ4v) is 1.12. The van der Waals surface area contributed by atoms with Crippen LogP contribution in [-0.4, -0.2) is 68.4 Å². The molecular formula is C11H15NaO6. The Bertz CT molecular complexity index is 382. The van der Waals surface area contributed by atoms with Gasteiger partial charge in [0.2, 0.25) is 0 Å². The Morgan fingerprint density at radius 2 is 1.67 bits per heavy atom. The van der Waals surface area contributed by atoms with Crippen molar-refractivity contribution in [1.29, 1.82) is 0 Å². The van der Waals surface area contributed by atoms with Gasteiger partial charge in [0.1, 0.15) is 0 Å². The van der Waals surface area contributed by atoms with Crippen LogP contribution < -0.4 is 9.47 Å². The van der Waals surface area contributed by atoms with Crippen molar-refractivity contribution in [2.24, 2.45) is 0 Å². The molecule has 0 aliphatic carbocycles. The predicted molar refractivity (Wildman–Crippen MR) is 65.6 cm³/mol. The van der Waals surface area contributed by atoms with Crippen LogP contribution in [0, 0.1) is 0 Å². The summed E-state index contributed by atoms with van der Waals surface area (Å²) in [6.07, 6.45) is 0. The van der Waals surface area contributed by atoms with Gasteiger partial charge in [0.05, 0.1) is 5.56 Å². The molecule has 1 aromatic carbocycles. The van der Waals surface area contributed by atoms with E-state index in [1.165, 1.54) is 32.4 Å². The fraction of sp³-hybridized carbons (Fsp3) is 0.364. The van der Waals surface area contributed by atoms with Crippen molar-refractivity contribution >= 4 is 35.5 Å². The normalized spacial score (nSPS) is 9.44. The summed E-state index contributed by atoms with van der Waals surface area (Å²) in [5.74, 6) is -0.344. The molecule has 7 heteroatoms. The summed E-state index contributed by atoms with van der Waals surface area (Å²) in [6.45, 7) is 0.0577. The Morgan fingerprint density at radius 3 is 2.17 bits per heavy atom. The molecule has 0 atom stereocenters. The summed E-state index contributed by atoms with van der Waals surface area (Å²) in [5, 5.41) is 8.85. The molecule has 0 bridgehead atoms. The minimum absolute atomic E-state index is 0. The number of carboxylic acids is 1. The maximum atomic E-state index is 10.8. The quantitative estimate of drug-likeness (QED) is 0.578. The second kappa shape index (κ2) is 9.18. The summed E-state index contributed by atoms with van der Waals surface area (Å²) in [4.78, 5) is 10.8. The number of aromatic carboxylic acids is 1. The van der Waals surface area contributed by atoms with Crippen LogP contribution in [0.2, 0.25) is 0 Å². The molecule has 0 radical (unpaired) electrons. The van der Waals surface area contributed by atoms with Crippen molar-refractivity contribution in [2.75, 3.05) is 27.8 Å². The fourth-order valence-electron chi connectivity index (χ4n) is 1.12. The molecule has 0 heterocycles. The van der Waals surface area contributed by atoms with Crippen LogP contribution in [-0.2, 0) is 9.47 Å². The van der Waals surface area contributed by atoms with Crippen LogP contribution >= 0.6 is 0 Å². The first kappa shape index (κ1) is 17.2. The summed E-state index contributed by atoms with van der Waals surface area (Å²) < 4.78 is 19.9. The zero-order valence-electron chi connectivity index (χ0n) is 9.63. The first-order chi connectivity index (χ1) is 8.19. The minimum atomic E-state index is -1.04. The molecule has 1 aromatic rings. The summed E-state index contributed by atoms with van der Waals surface area (Å²) in [5.41, 5.74) is 0.112. The van der Waals surface area contributed by atoms with Crippen molar-refractivity contribution in [3.8, 4) is 11.5 Å². The molecule has 0 aliphatic heterocycles. The zero-order valence-corrected chi connectivity index (χ0v) is 9.63. The third-order valence-electron chi connectivity index (χ3n) is 1.86. The van der Waals surface area contributed by atoms with Crippen molar-refractivity contribution in [3.05, 3.63) is 23.8 Å². The van der Waals surface area contributed by atoms with Crippen molar-refractivity contribution in [1.82, 2.24) is 0 Å². The van der Waals surface area contributed by atoms with E-state index >= 15 is 0 Å². The Balaban J connectivity index is 0.00000289. The SMILES string of the molecule is COCOc1ccc(C(=O)O)cc1OCOC.[NaH]. The van der Waals surface area contributed by atoms with Crippen LogP contribution in [0.15, 0.2) is 18.2 Å². The molecule has 0 aliphatic rings. The van der Waals surface area contributed by atoms with E-state index in [1.807, 2.05) is 0 Å². The Kier molecular flexibility index (Phi) is 8.78. The second-order valence-electron chi connectivity index (χ2n) is 3.07. The number of methoxy groups -OCH3 is 2. The molecule has 1 rings (SSSR count). The molecule has 0 saturated carbocycles. The average Bonchev–Trinajstić information content (AvgIpc) is 2.34. The maximum absolute atomic E-state index is 10.8. The molecule has 0 spiro atoms. The van der Waals surface area contributed by atoms with E-state index in [4.69, 9.17) is 24.1 Å². The van der Waals surface area contributed by atoms with E-state index in [2.05, 4.69) is 0 Å². The number of hydrogen-bond donors (Lipinski definition) is 1. The van der Waals surface area contributed by atoms with Crippen LogP contribution in [0.25, 0.3) is 0 Å². The molecule has 18 heavy (non-hydrogen) atoms. The summed E-state index contributed by atoms with van der Waals surface area (Å²) >= 11 is 0. The van der Waals surface area contributed by atoms with Gasteiger partial charge >= 0.3 is 35.5 Å². The number of benzene rings is 1. The van der Waals surface area contributed by atoms with Crippen LogP contribution in [0.1, 0.15) is 10.4 Å². The monoisotopic (exact) mass is 266 g/mol. The molecule has 0 saturated heterocycles. The van der Waals surface area contributed by atoms with Crippen molar-refractivity contribution in [2.45, 2.75) is 0 Å². The molecule has 0 fully saturated rings. The van der Waals surface area contributed by atoms with Gasteiger partial charge in [-0.25, -0.2) is 4.79 Å². The van der Waals surface area contributed by atoms with E-state index in [0.717, 1.165) is 0 Å². The van der Waals surface area contributed by atoms with Gasteiger partial charge in [0.15, 0.2) is 25.1 Å². The number of ether oxygens (including phenoxy) is 4. The van der Waals surface area contributed by atoms with E-state index in [9.17, 15) is 4.79 Å². The summed E-state index contributed by atoms with van der Waals surface area (Å²) in [6, 6.07) is 4.30. The molecule has 1 N–H and O–H groups in total. The van der Waals surface area contributed by atoms with E-state index < -0.39 is 5.97 Å². The van der Waals surface area contributed by atoms with Gasteiger partial charge in [-0.05, 0) is 18.2 Å². The third-order valence-corrected chi connectivity index (χ3v) is 1.86. The standard InChI is InChI=1S/C11H14O6.Na.H/c1-14-6-16-9-4-3-8(11(12)13)5-10(9)17-7-15-2;;/h3-5H,6-7H2,1-2H3,(H,12,13);;. The number of carboxylic acid groups (broad SMARTS) is 1. The summed E-state index contributed by atoms with van der Waals surface area (Å²) in [7, 11) is 2.96. The Morgan fingerprint density at radius 1 is 1.11 bits per heavy atom. The second-order valence-corrected chi connectivity index (χ2v) is 3.07. The Hall–Kier alpha value is -0.790. The first-order valence-corrected chi connectivity index (χ1v) is 4.80. The number of hydrogen-bond acceptors (Lipinski definition) is 5. The third kappa shape index (κ3) is 5.24. The molecule has 96 valence electrons. The molecule has 0 amide bonds. The van der Waals surface area contributed by atoms with Crippen molar-refractivity contribution in [3.63, 3.8) is 0 Å². The van der Waals surface area contributed by atoms with E-state index in [-0.39, 0.29) is 48.7 Å². The zero-order chi connectivity index (χ0) is 12.7. The van der Waals surface area contributed by atoms with Crippen LogP contribution in [0.4, 0.5) is 0 Å². The number of carbonyl (C=O) groups is 1. The molecular weight excluding hydrogens is 251 g/mol. The van der Waals surface area contributed by atoms with Crippen LogP contribution in [0.5, 0.6) is 11.5 Å².